The summed E-state index contributed by atoms with van der Waals surface area (Å²) in [4.78, 5) is 12.7. The molecule has 1 aliphatic rings. The Morgan fingerprint density at radius 3 is 2.67 bits per heavy atom. The highest BCUT2D eigenvalue weighted by Gasteiger charge is 2.34. The van der Waals surface area contributed by atoms with Crippen LogP contribution in [0, 0.1) is 0 Å². The number of nitrogens with zero attached hydrogens (tertiary/aromatic N) is 1. The standard InChI is InChI=1S/C15H18F3NO2/c16-15(17,18)13-7-2-1-5-11(13)10-19-8-4-3-6-12(19)9-14(20)21/h1-2,5,7,12H,3-4,6,8-10H2,(H,20,21)/t12-/m1/s1. The van der Waals surface area contributed by atoms with Gasteiger partial charge in [0.15, 0.2) is 0 Å². The molecular weight excluding hydrogens is 283 g/mol. The monoisotopic (exact) mass is 301 g/mol. The smallest absolute Gasteiger partial charge is 0.416 e. The number of carbonyl (C=O) groups is 1. The second-order valence-electron chi connectivity index (χ2n) is 5.37. The second-order valence-corrected chi connectivity index (χ2v) is 5.37. The summed E-state index contributed by atoms with van der Waals surface area (Å²) in [7, 11) is 0. The van der Waals surface area contributed by atoms with Crippen molar-refractivity contribution >= 4 is 5.97 Å². The van der Waals surface area contributed by atoms with E-state index in [4.69, 9.17) is 5.11 Å². The molecule has 0 radical (unpaired) electrons. The lowest BCUT2D eigenvalue weighted by molar-refractivity contribution is -0.140. The zero-order chi connectivity index (χ0) is 15.5. The predicted molar refractivity (Wildman–Crippen MR) is 71.7 cm³/mol. The number of piperidine rings is 1. The Labute approximate surface area is 121 Å². The number of hydrogen-bond acceptors (Lipinski definition) is 2. The van der Waals surface area contributed by atoms with Crippen molar-refractivity contribution in [1.82, 2.24) is 4.90 Å². The van der Waals surface area contributed by atoms with Crippen LogP contribution in [0.1, 0.15) is 36.8 Å². The average molecular weight is 301 g/mol. The van der Waals surface area contributed by atoms with Crippen LogP contribution in [0.25, 0.3) is 0 Å². The number of likely N-dealkylation sites (tertiary alicyclic amines) is 1. The first-order valence-electron chi connectivity index (χ1n) is 6.99. The molecule has 1 N–H and O–H groups in total. The van der Waals surface area contributed by atoms with Crippen LogP contribution in [-0.4, -0.2) is 28.6 Å². The molecule has 1 saturated heterocycles. The lowest BCUT2D eigenvalue weighted by atomic mass is 9.97. The van der Waals surface area contributed by atoms with E-state index in [0.717, 1.165) is 25.3 Å². The van der Waals surface area contributed by atoms with Crippen LogP contribution in [0.3, 0.4) is 0 Å². The lowest BCUT2D eigenvalue weighted by Crippen LogP contribution is -2.40. The molecule has 1 heterocycles. The van der Waals surface area contributed by atoms with Crippen LogP contribution in [0.5, 0.6) is 0 Å². The van der Waals surface area contributed by atoms with Gasteiger partial charge in [0.1, 0.15) is 0 Å². The summed E-state index contributed by atoms with van der Waals surface area (Å²) in [5, 5.41) is 8.93. The van der Waals surface area contributed by atoms with E-state index in [-0.39, 0.29) is 24.6 Å². The van der Waals surface area contributed by atoms with Gasteiger partial charge in [0.2, 0.25) is 0 Å². The highest BCUT2D eigenvalue weighted by Crippen LogP contribution is 2.33. The van der Waals surface area contributed by atoms with Gasteiger partial charge in [-0.05, 0) is 31.0 Å². The van der Waals surface area contributed by atoms with Crippen LogP contribution in [0.2, 0.25) is 0 Å². The maximum absolute atomic E-state index is 13.0. The molecule has 21 heavy (non-hydrogen) atoms. The maximum atomic E-state index is 13.0. The Bertz CT molecular complexity index is 502. The first-order valence-corrected chi connectivity index (χ1v) is 6.99. The summed E-state index contributed by atoms with van der Waals surface area (Å²) >= 11 is 0. The number of rotatable bonds is 4. The third-order valence-corrected chi connectivity index (χ3v) is 3.86. The normalized spacial score (nSPS) is 20.4. The van der Waals surface area contributed by atoms with Crippen molar-refractivity contribution in [2.75, 3.05) is 6.54 Å². The van der Waals surface area contributed by atoms with Crippen LogP contribution in [0.4, 0.5) is 13.2 Å². The molecular formula is C15H18F3NO2. The number of hydrogen-bond donors (Lipinski definition) is 1. The minimum Gasteiger partial charge on any atom is -0.481 e. The van der Waals surface area contributed by atoms with E-state index in [1.807, 2.05) is 4.90 Å². The van der Waals surface area contributed by atoms with Crippen molar-refractivity contribution in [2.24, 2.45) is 0 Å². The van der Waals surface area contributed by atoms with E-state index in [0.29, 0.717) is 6.54 Å². The zero-order valence-electron chi connectivity index (χ0n) is 11.6. The van der Waals surface area contributed by atoms with Gasteiger partial charge < -0.3 is 5.11 Å². The molecule has 1 aliphatic heterocycles. The Balaban J connectivity index is 2.18. The van der Waals surface area contributed by atoms with Crippen molar-refractivity contribution < 1.29 is 23.1 Å². The topological polar surface area (TPSA) is 40.5 Å². The maximum Gasteiger partial charge on any atom is 0.416 e. The summed E-state index contributed by atoms with van der Waals surface area (Å²) in [5.41, 5.74) is -0.424. The Kier molecular flexibility index (Phi) is 4.88. The fraction of sp³-hybridized carbons (Fsp3) is 0.533. The average Bonchev–Trinajstić information content (AvgIpc) is 2.40. The first kappa shape index (κ1) is 15.8. The van der Waals surface area contributed by atoms with E-state index in [2.05, 4.69) is 0 Å². The van der Waals surface area contributed by atoms with Crippen LogP contribution < -0.4 is 0 Å². The molecule has 1 aromatic carbocycles. The minimum atomic E-state index is -4.38. The van der Waals surface area contributed by atoms with Gasteiger partial charge in [-0.3, -0.25) is 9.69 Å². The molecule has 3 nitrogen and oxygen atoms in total. The lowest BCUT2D eigenvalue weighted by Gasteiger charge is -2.35. The summed E-state index contributed by atoms with van der Waals surface area (Å²) in [6, 6.07) is 5.32. The molecule has 116 valence electrons. The van der Waals surface area contributed by atoms with E-state index in [1.165, 1.54) is 12.1 Å². The van der Waals surface area contributed by atoms with Gasteiger partial charge in [-0.1, -0.05) is 24.6 Å². The highest BCUT2D eigenvalue weighted by molar-refractivity contribution is 5.67. The van der Waals surface area contributed by atoms with Crippen LogP contribution >= 0.6 is 0 Å². The van der Waals surface area contributed by atoms with Crippen molar-refractivity contribution in [3.8, 4) is 0 Å². The van der Waals surface area contributed by atoms with Gasteiger partial charge in [-0.15, -0.1) is 0 Å². The fourth-order valence-corrected chi connectivity index (χ4v) is 2.85. The van der Waals surface area contributed by atoms with E-state index in [1.54, 1.807) is 6.07 Å². The van der Waals surface area contributed by atoms with Crippen molar-refractivity contribution in [2.45, 2.75) is 44.4 Å². The number of alkyl halides is 3. The Hall–Kier alpha value is -1.56. The molecule has 0 amide bonds. The van der Waals surface area contributed by atoms with E-state index >= 15 is 0 Å². The molecule has 6 heteroatoms. The molecule has 0 saturated carbocycles. The third kappa shape index (κ3) is 4.20. The van der Waals surface area contributed by atoms with Gasteiger partial charge in [0, 0.05) is 12.6 Å². The molecule has 0 bridgehead atoms. The first-order chi connectivity index (χ1) is 9.88. The van der Waals surface area contributed by atoms with Crippen molar-refractivity contribution in [3.05, 3.63) is 35.4 Å². The van der Waals surface area contributed by atoms with Gasteiger partial charge >= 0.3 is 12.1 Å². The summed E-state index contributed by atoms with van der Waals surface area (Å²) in [5.74, 6) is -0.906. The summed E-state index contributed by atoms with van der Waals surface area (Å²) < 4.78 is 39.0. The van der Waals surface area contributed by atoms with Crippen molar-refractivity contribution in [1.29, 1.82) is 0 Å². The molecule has 0 aromatic heterocycles. The van der Waals surface area contributed by atoms with E-state index < -0.39 is 17.7 Å². The second kappa shape index (κ2) is 6.47. The molecule has 0 unspecified atom stereocenters. The quantitative estimate of drug-likeness (QED) is 0.925. The molecule has 0 spiro atoms. The summed E-state index contributed by atoms with van der Waals surface area (Å²) in [6.07, 6.45) is -1.86. The Morgan fingerprint density at radius 2 is 2.00 bits per heavy atom. The number of benzene rings is 1. The minimum absolute atomic E-state index is 0.0197. The van der Waals surface area contributed by atoms with E-state index in [9.17, 15) is 18.0 Å². The van der Waals surface area contributed by atoms with Crippen LogP contribution in [0.15, 0.2) is 24.3 Å². The fourth-order valence-electron chi connectivity index (χ4n) is 2.85. The molecule has 1 aromatic rings. The van der Waals surface area contributed by atoms with Gasteiger partial charge in [0.05, 0.1) is 12.0 Å². The predicted octanol–water partition coefficient (Wildman–Crippen LogP) is 3.53. The highest BCUT2D eigenvalue weighted by atomic mass is 19.4. The SMILES string of the molecule is O=C(O)C[C@H]1CCCCN1Cc1ccccc1C(F)(F)F. The third-order valence-electron chi connectivity index (χ3n) is 3.86. The Morgan fingerprint density at radius 1 is 1.29 bits per heavy atom. The van der Waals surface area contributed by atoms with Gasteiger partial charge in [-0.25, -0.2) is 0 Å². The van der Waals surface area contributed by atoms with Gasteiger partial charge in [0.25, 0.3) is 0 Å². The number of carboxylic acids is 1. The van der Waals surface area contributed by atoms with Gasteiger partial charge in [-0.2, -0.15) is 13.2 Å². The van der Waals surface area contributed by atoms with Crippen molar-refractivity contribution in [3.63, 3.8) is 0 Å². The largest absolute Gasteiger partial charge is 0.481 e. The molecule has 0 aliphatic carbocycles. The number of aliphatic carboxylic acids is 1. The summed E-state index contributed by atoms with van der Waals surface area (Å²) in [6.45, 7) is 0.789. The zero-order valence-corrected chi connectivity index (χ0v) is 11.6. The molecule has 1 fully saturated rings. The van der Waals surface area contributed by atoms with Crippen LogP contribution in [-0.2, 0) is 17.5 Å². The number of halogens is 3. The number of carboxylic acid groups (broad SMARTS) is 1. The molecule has 2 rings (SSSR count). The molecule has 1 atom stereocenters.